The summed E-state index contributed by atoms with van der Waals surface area (Å²) < 4.78 is 13.5. The molecule has 5 heteroatoms. The van der Waals surface area contributed by atoms with Crippen molar-refractivity contribution in [2.45, 2.75) is 12.8 Å². The molecule has 3 rings (SSSR count). The molecule has 0 saturated heterocycles. The number of rotatable bonds is 3. The normalized spacial score (nSPS) is 12.7. The highest BCUT2D eigenvalue weighted by molar-refractivity contribution is 5.99. The van der Waals surface area contributed by atoms with E-state index in [1.807, 2.05) is 6.07 Å². The first kappa shape index (κ1) is 13.3. The highest BCUT2D eigenvalue weighted by atomic mass is 19.1. The lowest BCUT2D eigenvalue weighted by Crippen LogP contribution is -2.15. The Hall–Kier alpha value is -2.69. The number of hydrogen-bond acceptors (Lipinski definition) is 2. The maximum Gasteiger partial charge on any atom is 0.228 e. The Morgan fingerprint density at radius 3 is 2.86 bits per heavy atom. The SMILES string of the molecule is O=C(Cc1ccc2c(c1)CC(=O)N2)Nc1ccccc1F. The van der Waals surface area contributed by atoms with Gasteiger partial charge in [-0.2, -0.15) is 0 Å². The molecule has 2 amide bonds. The van der Waals surface area contributed by atoms with Gasteiger partial charge in [0.25, 0.3) is 0 Å². The van der Waals surface area contributed by atoms with Gasteiger partial charge in [0.1, 0.15) is 5.82 Å². The molecule has 0 spiro atoms. The smallest absolute Gasteiger partial charge is 0.228 e. The first-order valence-corrected chi connectivity index (χ1v) is 6.58. The molecule has 2 aromatic rings. The van der Waals surface area contributed by atoms with Gasteiger partial charge in [0.05, 0.1) is 18.5 Å². The summed E-state index contributed by atoms with van der Waals surface area (Å²) in [6.07, 6.45) is 0.466. The van der Waals surface area contributed by atoms with E-state index >= 15 is 0 Å². The van der Waals surface area contributed by atoms with Gasteiger partial charge in [-0.15, -0.1) is 0 Å². The van der Waals surface area contributed by atoms with Gasteiger partial charge in [-0.25, -0.2) is 4.39 Å². The number of carbonyl (C=O) groups excluding carboxylic acids is 2. The minimum absolute atomic E-state index is 0.0436. The molecule has 0 bridgehead atoms. The molecule has 0 radical (unpaired) electrons. The van der Waals surface area contributed by atoms with Gasteiger partial charge in [0, 0.05) is 5.69 Å². The van der Waals surface area contributed by atoms with E-state index in [2.05, 4.69) is 10.6 Å². The Kier molecular flexibility index (Phi) is 3.39. The minimum Gasteiger partial charge on any atom is -0.326 e. The maximum absolute atomic E-state index is 13.5. The number of para-hydroxylation sites is 1. The van der Waals surface area contributed by atoms with Crippen LogP contribution >= 0.6 is 0 Å². The molecule has 0 atom stereocenters. The molecule has 0 aliphatic carbocycles. The summed E-state index contributed by atoms with van der Waals surface area (Å²) in [4.78, 5) is 23.2. The van der Waals surface area contributed by atoms with Crippen molar-refractivity contribution in [1.29, 1.82) is 0 Å². The molecule has 21 heavy (non-hydrogen) atoms. The van der Waals surface area contributed by atoms with Crippen molar-refractivity contribution < 1.29 is 14.0 Å². The number of anilines is 2. The van der Waals surface area contributed by atoms with Gasteiger partial charge in [-0.1, -0.05) is 24.3 Å². The molecule has 0 unspecified atom stereocenters. The number of hydrogen-bond donors (Lipinski definition) is 2. The summed E-state index contributed by atoms with van der Waals surface area (Å²) in [5.41, 5.74) is 2.63. The lowest BCUT2D eigenvalue weighted by molar-refractivity contribution is -0.116. The van der Waals surface area contributed by atoms with E-state index in [9.17, 15) is 14.0 Å². The number of amides is 2. The maximum atomic E-state index is 13.5. The summed E-state index contributed by atoms with van der Waals surface area (Å²) in [7, 11) is 0. The number of fused-ring (bicyclic) bond motifs is 1. The van der Waals surface area contributed by atoms with E-state index in [4.69, 9.17) is 0 Å². The molecule has 0 saturated carbocycles. The minimum atomic E-state index is -0.463. The first-order chi connectivity index (χ1) is 10.1. The van der Waals surface area contributed by atoms with Crippen LogP contribution in [-0.2, 0) is 22.4 Å². The highest BCUT2D eigenvalue weighted by Gasteiger charge is 2.18. The highest BCUT2D eigenvalue weighted by Crippen LogP contribution is 2.24. The van der Waals surface area contributed by atoms with Crippen molar-refractivity contribution in [1.82, 2.24) is 0 Å². The summed E-state index contributed by atoms with van der Waals surface area (Å²) in [6.45, 7) is 0. The van der Waals surface area contributed by atoms with Gasteiger partial charge in [0.15, 0.2) is 0 Å². The Labute approximate surface area is 121 Å². The average molecular weight is 284 g/mol. The second kappa shape index (κ2) is 5.36. The zero-order chi connectivity index (χ0) is 14.8. The Bertz CT molecular complexity index is 728. The van der Waals surface area contributed by atoms with E-state index in [1.165, 1.54) is 12.1 Å². The van der Waals surface area contributed by atoms with E-state index in [1.54, 1.807) is 24.3 Å². The molecule has 1 aliphatic rings. The lowest BCUT2D eigenvalue weighted by atomic mass is 10.1. The summed E-state index contributed by atoms with van der Waals surface area (Å²) >= 11 is 0. The van der Waals surface area contributed by atoms with Crippen molar-refractivity contribution in [3.63, 3.8) is 0 Å². The Morgan fingerprint density at radius 1 is 1.24 bits per heavy atom. The summed E-state index contributed by atoms with van der Waals surface area (Å²) in [6, 6.07) is 11.4. The predicted octanol–water partition coefficient (Wildman–Crippen LogP) is 2.50. The molecule has 2 aromatic carbocycles. The van der Waals surface area contributed by atoms with Crippen LogP contribution in [0, 0.1) is 5.82 Å². The van der Waals surface area contributed by atoms with E-state index in [0.29, 0.717) is 6.42 Å². The first-order valence-electron chi connectivity index (χ1n) is 6.58. The number of halogens is 1. The fourth-order valence-corrected chi connectivity index (χ4v) is 2.33. The molecule has 2 N–H and O–H groups in total. The second-order valence-electron chi connectivity index (χ2n) is 4.92. The average Bonchev–Trinajstić information content (AvgIpc) is 2.80. The second-order valence-corrected chi connectivity index (χ2v) is 4.92. The van der Waals surface area contributed by atoms with Gasteiger partial charge in [0.2, 0.25) is 11.8 Å². The largest absolute Gasteiger partial charge is 0.326 e. The molecular formula is C16H13FN2O2. The number of benzene rings is 2. The third kappa shape index (κ3) is 2.91. The van der Waals surface area contributed by atoms with Gasteiger partial charge in [-0.05, 0) is 29.3 Å². The van der Waals surface area contributed by atoms with Crippen molar-refractivity contribution in [3.05, 3.63) is 59.4 Å². The molecule has 0 aromatic heterocycles. The van der Waals surface area contributed by atoms with Gasteiger partial charge in [-0.3, -0.25) is 9.59 Å². The molecule has 1 heterocycles. The van der Waals surface area contributed by atoms with Crippen LogP contribution in [-0.4, -0.2) is 11.8 Å². The molecule has 4 nitrogen and oxygen atoms in total. The van der Waals surface area contributed by atoms with Crippen LogP contribution in [0.4, 0.5) is 15.8 Å². The van der Waals surface area contributed by atoms with E-state index in [0.717, 1.165) is 16.8 Å². The van der Waals surface area contributed by atoms with Crippen LogP contribution in [0.25, 0.3) is 0 Å². The van der Waals surface area contributed by atoms with E-state index < -0.39 is 5.82 Å². The zero-order valence-electron chi connectivity index (χ0n) is 11.2. The van der Waals surface area contributed by atoms with Crippen molar-refractivity contribution in [2.75, 3.05) is 10.6 Å². The van der Waals surface area contributed by atoms with Gasteiger partial charge < -0.3 is 10.6 Å². The summed E-state index contributed by atoms with van der Waals surface area (Å²) in [5, 5.41) is 5.27. The third-order valence-electron chi connectivity index (χ3n) is 3.31. The van der Waals surface area contributed by atoms with E-state index in [-0.39, 0.29) is 23.9 Å². The van der Waals surface area contributed by atoms with Crippen molar-refractivity contribution >= 4 is 23.2 Å². The van der Waals surface area contributed by atoms with Crippen LogP contribution in [0.15, 0.2) is 42.5 Å². The molecule has 0 fully saturated rings. The molecular weight excluding hydrogens is 271 g/mol. The molecule has 1 aliphatic heterocycles. The third-order valence-corrected chi connectivity index (χ3v) is 3.31. The Morgan fingerprint density at radius 2 is 2.05 bits per heavy atom. The van der Waals surface area contributed by atoms with Crippen molar-refractivity contribution in [2.24, 2.45) is 0 Å². The van der Waals surface area contributed by atoms with Crippen LogP contribution in [0.2, 0.25) is 0 Å². The van der Waals surface area contributed by atoms with Gasteiger partial charge >= 0.3 is 0 Å². The Balaban J connectivity index is 1.70. The van der Waals surface area contributed by atoms with Crippen LogP contribution in [0.5, 0.6) is 0 Å². The monoisotopic (exact) mass is 284 g/mol. The zero-order valence-corrected chi connectivity index (χ0v) is 11.2. The number of nitrogens with one attached hydrogen (secondary N) is 2. The van der Waals surface area contributed by atoms with Crippen LogP contribution in [0.1, 0.15) is 11.1 Å². The lowest BCUT2D eigenvalue weighted by Gasteiger charge is -2.07. The molecule has 106 valence electrons. The quantitative estimate of drug-likeness (QED) is 0.909. The van der Waals surface area contributed by atoms with Crippen LogP contribution < -0.4 is 10.6 Å². The fourth-order valence-electron chi connectivity index (χ4n) is 2.33. The van der Waals surface area contributed by atoms with Crippen molar-refractivity contribution in [3.8, 4) is 0 Å². The summed E-state index contributed by atoms with van der Waals surface area (Å²) in [5.74, 6) is -0.801. The topological polar surface area (TPSA) is 58.2 Å². The van der Waals surface area contributed by atoms with Crippen LogP contribution in [0.3, 0.4) is 0 Å². The standard InChI is InChI=1S/C16H13FN2O2/c17-12-3-1-2-4-14(12)19-15(20)8-10-5-6-13-11(7-10)9-16(21)18-13/h1-7H,8-9H2,(H,18,21)(H,19,20). The predicted molar refractivity (Wildman–Crippen MR) is 77.5 cm³/mol. The number of carbonyl (C=O) groups is 2. The fraction of sp³-hybridized carbons (Fsp3) is 0.125.